The molecule has 0 saturated carbocycles. The van der Waals surface area contributed by atoms with E-state index in [1.54, 1.807) is 4.68 Å². The fraction of sp³-hybridized carbons (Fsp3) is 0.419. The van der Waals surface area contributed by atoms with Crippen LogP contribution < -0.4 is 11.1 Å². The van der Waals surface area contributed by atoms with Gasteiger partial charge in [-0.05, 0) is 91.8 Å². The molecule has 40 heavy (non-hydrogen) atoms. The first-order valence-electron chi connectivity index (χ1n) is 14.6. The highest BCUT2D eigenvalue weighted by Gasteiger charge is 2.45. The molecule has 2 aromatic carbocycles. The second kappa shape index (κ2) is 9.67. The third kappa shape index (κ3) is 4.15. The lowest BCUT2D eigenvalue weighted by Crippen LogP contribution is -2.66. The molecule has 2 aromatic heterocycles. The van der Waals surface area contributed by atoms with E-state index < -0.39 is 0 Å². The molecule has 4 heterocycles. The van der Waals surface area contributed by atoms with Crippen LogP contribution in [0.3, 0.4) is 0 Å². The number of hydrogen-bond donors (Lipinski definition) is 2. The number of nitrogens with two attached hydrogens (primary N) is 1. The number of morpholine rings is 1. The minimum absolute atomic E-state index is 0.285. The number of anilines is 3. The van der Waals surface area contributed by atoms with Gasteiger partial charge in [-0.2, -0.15) is 9.67 Å². The standard InChI is InChI=1S/C31H34N8O/c32-30-34-31(37-39(30)28-15-22-6-3-5-20-4-1-2-7-27(20)29(22)36-35-28)33-23-11-8-19-9-12-24(13-10-21(19)14-23)38-25-16-26(38)18-40-17-25/h1-2,4,7-8,11,14-15,24-26H,3,5-6,9-10,12-13,16-18H2,(H3,32,33,34,37). The monoisotopic (exact) mass is 534 g/mol. The van der Waals surface area contributed by atoms with E-state index in [-0.39, 0.29) is 5.95 Å². The first-order valence-corrected chi connectivity index (χ1v) is 14.6. The average Bonchev–Trinajstić information content (AvgIpc) is 3.12. The van der Waals surface area contributed by atoms with Gasteiger partial charge in [0.2, 0.25) is 11.9 Å². The lowest BCUT2D eigenvalue weighted by Gasteiger charge is -2.56. The number of nitrogen functional groups attached to an aromatic ring is 1. The van der Waals surface area contributed by atoms with Gasteiger partial charge in [-0.25, -0.2) is 0 Å². The molecule has 2 aliphatic heterocycles. The van der Waals surface area contributed by atoms with Gasteiger partial charge in [0.15, 0.2) is 5.82 Å². The topological polar surface area (TPSA) is 107 Å². The summed E-state index contributed by atoms with van der Waals surface area (Å²) in [7, 11) is 0. The lowest BCUT2D eigenvalue weighted by atomic mass is 9.87. The zero-order valence-electron chi connectivity index (χ0n) is 22.6. The van der Waals surface area contributed by atoms with Crippen LogP contribution in [0, 0.1) is 0 Å². The fourth-order valence-electron chi connectivity index (χ4n) is 7.28. The second-order valence-electron chi connectivity index (χ2n) is 11.7. The van der Waals surface area contributed by atoms with Gasteiger partial charge in [0, 0.05) is 29.4 Å². The highest BCUT2D eigenvalue weighted by Crippen LogP contribution is 2.37. The summed E-state index contributed by atoms with van der Waals surface area (Å²) < 4.78 is 7.30. The summed E-state index contributed by atoms with van der Waals surface area (Å²) in [6, 6.07) is 19.1. The van der Waals surface area contributed by atoms with Crippen LogP contribution in [0.1, 0.15) is 47.9 Å². The lowest BCUT2D eigenvalue weighted by molar-refractivity contribution is -0.148. The Hall–Kier alpha value is -3.82. The van der Waals surface area contributed by atoms with Gasteiger partial charge in [-0.3, -0.25) is 4.90 Å². The number of rotatable bonds is 4. The van der Waals surface area contributed by atoms with Gasteiger partial charge in [0.1, 0.15) is 0 Å². The van der Waals surface area contributed by atoms with E-state index in [4.69, 9.17) is 10.5 Å². The number of benzene rings is 2. The number of nitrogens with zero attached hydrogens (tertiary/aromatic N) is 6. The zero-order valence-corrected chi connectivity index (χ0v) is 22.6. The Morgan fingerprint density at radius 2 is 1.65 bits per heavy atom. The molecule has 4 aliphatic rings. The quantitative estimate of drug-likeness (QED) is 0.374. The van der Waals surface area contributed by atoms with Gasteiger partial charge in [-0.1, -0.05) is 30.3 Å². The molecule has 9 heteroatoms. The van der Waals surface area contributed by atoms with Crippen molar-refractivity contribution in [3.63, 3.8) is 0 Å². The number of hydrogen-bond acceptors (Lipinski definition) is 8. The van der Waals surface area contributed by atoms with Gasteiger partial charge in [0.05, 0.1) is 18.9 Å². The summed E-state index contributed by atoms with van der Waals surface area (Å²) in [6.45, 7) is 1.81. The SMILES string of the molecule is Nc1nc(Nc2ccc3c(c2)CCC(N2C4COCC2C4)CC3)nn1-c1cc2c(nn1)-c1ccccc1CCC2. The molecule has 4 aromatic rings. The molecule has 2 fully saturated rings. The molecule has 8 rings (SSSR count). The number of fused-ring (bicyclic) bond motifs is 6. The van der Waals surface area contributed by atoms with Crippen molar-refractivity contribution in [2.24, 2.45) is 0 Å². The normalized spacial score (nSPS) is 23.6. The van der Waals surface area contributed by atoms with Crippen molar-refractivity contribution >= 4 is 17.6 Å². The molecule has 9 nitrogen and oxygen atoms in total. The van der Waals surface area contributed by atoms with Crippen LogP contribution in [0.5, 0.6) is 0 Å². The number of aryl methyl sites for hydroxylation is 4. The van der Waals surface area contributed by atoms with Crippen molar-refractivity contribution in [1.29, 1.82) is 0 Å². The third-order valence-electron chi connectivity index (χ3n) is 9.26. The van der Waals surface area contributed by atoms with E-state index in [0.29, 0.717) is 29.9 Å². The number of ether oxygens (including phenoxy) is 1. The van der Waals surface area contributed by atoms with Crippen molar-refractivity contribution in [3.8, 4) is 17.1 Å². The van der Waals surface area contributed by atoms with Crippen molar-refractivity contribution in [3.05, 3.63) is 70.8 Å². The second-order valence-corrected chi connectivity index (χ2v) is 11.7. The predicted octanol–water partition coefficient (Wildman–Crippen LogP) is 4.26. The third-order valence-corrected chi connectivity index (χ3v) is 9.26. The van der Waals surface area contributed by atoms with E-state index in [1.165, 1.54) is 41.5 Å². The Kier molecular flexibility index (Phi) is 5.81. The van der Waals surface area contributed by atoms with Crippen molar-refractivity contribution in [1.82, 2.24) is 29.9 Å². The van der Waals surface area contributed by atoms with Crippen LogP contribution >= 0.6 is 0 Å². The molecular weight excluding hydrogens is 500 g/mol. The Morgan fingerprint density at radius 3 is 2.52 bits per heavy atom. The van der Waals surface area contributed by atoms with Crippen LogP contribution in [0.2, 0.25) is 0 Å². The number of nitrogens with one attached hydrogen (secondary N) is 1. The summed E-state index contributed by atoms with van der Waals surface area (Å²) in [6.07, 6.45) is 8.99. The predicted molar refractivity (Wildman–Crippen MR) is 154 cm³/mol. The van der Waals surface area contributed by atoms with E-state index in [1.807, 2.05) is 0 Å². The Bertz CT molecular complexity index is 1570. The summed E-state index contributed by atoms with van der Waals surface area (Å²) in [4.78, 5) is 7.25. The smallest absolute Gasteiger partial charge is 0.248 e. The van der Waals surface area contributed by atoms with Gasteiger partial charge in [0.25, 0.3) is 0 Å². The molecule has 0 spiro atoms. The first kappa shape index (κ1) is 24.0. The maximum atomic E-state index is 6.31. The summed E-state index contributed by atoms with van der Waals surface area (Å²) in [5.74, 6) is 1.33. The zero-order chi connectivity index (χ0) is 26.6. The first-order chi connectivity index (χ1) is 19.7. The number of aromatic nitrogens is 5. The molecule has 3 unspecified atom stereocenters. The summed E-state index contributed by atoms with van der Waals surface area (Å²) >= 11 is 0. The highest BCUT2D eigenvalue weighted by atomic mass is 16.5. The van der Waals surface area contributed by atoms with Crippen LogP contribution in [0.25, 0.3) is 17.1 Å². The molecule has 3 N–H and O–H groups in total. The Balaban J connectivity index is 1.00. The summed E-state index contributed by atoms with van der Waals surface area (Å²) in [5, 5.41) is 17.1. The van der Waals surface area contributed by atoms with Crippen LogP contribution in [-0.4, -0.2) is 61.2 Å². The molecule has 204 valence electrons. The summed E-state index contributed by atoms with van der Waals surface area (Å²) in [5.41, 5.74) is 14.8. The van der Waals surface area contributed by atoms with E-state index >= 15 is 0 Å². The Morgan fingerprint density at radius 1 is 0.825 bits per heavy atom. The van der Waals surface area contributed by atoms with E-state index in [2.05, 4.69) is 79.0 Å². The molecule has 2 aliphatic carbocycles. The Labute approximate surface area is 233 Å². The molecule has 0 radical (unpaired) electrons. The van der Waals surface area contributed by atoms with Crippen LogP contribution in [0.15, 0.2) is 48.5 Å². The van der Waals surface area contributed by atoms with Crippen LogP contribution in [-0.2, 0) is 30.4 Å². The van der Waals surface area contributed by atoms with E-state index in [9.17, 15) is 0 Å². The maximum Gasteiger partial charge on any atom is 0.248 e. The van der Waals surface area contributed by atoms with Crippen molar-refractivity contribution < 1.29 is 4.74 Å². The van der Waals surface area contributed by atoms with Crippen molar-refractivity contribution in [2.45, 2.75) is 69.5 Å². The molecule has 2 bridgehead atoms. The largest absolute Gasteiger partial charge is 0.378 e. The van der Waals surface area contributed by atoms with Crippen molar-refractivity contribution in [2.75, 3.05) is 24.3 Å². The highest BCUT2D eigenvalue weighted by molar-refractivity contribution is 5.68. The van der Waals surface area contributed by atoms with Gasteiger partial charge >= 0.3 is 0 Å². The van der Waals surface area contributed by atoms with Gasteiger partial charge < -0.3 is 15.8 Å². The molecule has 2 saturated heterocycles. The van der Waals surface area contributed by atoms with E-state index in [0.717, 1.165) is 62.3 Å². The van der Waals surface area contributed by atoms with Gasteiger partial charge in [-0.15, -0.1) is 15.3 Å². The molecule has 3 atom stereocenters. The molecular formula is C31H34N8O. The maximum absolute atomic E-state index is 6.31. The minimum atomic E-state index is 0.285. The average molecular weight is 535 g/mol. The molecule has 0 amide bonds. The minimum Gasteiger partial charge on any atom is -0.378 e. The fourth-order valence-corrected chi connectivity index (χ4v) is 7.28. The van der Waals surface area contributed by atoms with Crippen LogP contribution in [0.4, 0.5) is 17.6 Å².